The summed E-state index contributed by atoms with van der Waals surface area (Å²) in [4.78, 5) is 0. The molecule has 0 spiro atoms. The fraction of sp³-hybridized carbons (Fsp3) is 0.500. The number of rotatable bonds is 5. The van der Waals surface area contributed by atoms with Crippen LogP contribution in [-0.2, 0) is 4.74 Å². The highest BCUT2D eigenvalue weighted by molar-refractivity contribution is 6.31. The van der Waals surface area contributed by atoms with E-state index in [-0.39, 0.29) is 0 Å². The molecule has 0 aliphatic heterocycles. The van der Waals surface area contributed by atoms with E-state index in [9.17, 15) is 0 Å². The molecule has 1 unspecified atom stereocenters. The van der Waals surface area contributed by atoms with Crippen molar-refractivity contribution in [2.45, 2.75) is 20.8 Å². The zero-order chi connectivity index (χ0) is 11.0. The molecule has 0 saturated heterocycles. The van der Waals surface area contributed by atoms with Gasteiger partial charge in [-0.2, -0.15) is 0 Å². The Kier molecular flexibility index (Phi) is 7.31. The van der Waals surface area contributed by atoms with Crippen molar-refractivity contribution in [3.8, 4) is 0 Å². The van der Waals surface area contributed by atoms with Gasteiger partial charge in [-0.3, -0.25) is 0 Å². The molecule has 1 nitrogen and oxygen atoms in total. The minimum absolute atomic E-state index is 0.383. The Bertz CT molecular complexity index is 226. The molecule has 2 heteroatoms. The van der Waals surface area contributed by atoms with Gasteiger partial charge in [0.25, 0.3) is 0 Å². The van der Waals surface area contributed by atoms with Crippen LogP contribution < -0.4 is 0 Å². The van der Waals surface area contributed by atoms with E-state index in [0.29, 0.717) is 16.9 Å². The summed E-state index contributed by atoms with van der Waals surface area (Å²) in [6, 6.07) is 0. The molecular formula is C12H19ClO. The molecule has 0 radical (unpaired) electrons. The van der Waals surface area contributed by atoms with E-state index in [1.807, 2.05) is 19.1 Å². The van der Waals surface area contributed by atoms with Gasteiger partial charge >= 0.3 is 0 Å². The van der Waals surface area contributed by atoms with E-state index in [1.54, 1.807) is 19.4 Å². The van der Waals surface area contributed by atoms with Crippen molar-refractivity contribution in [3.05, 3.63) is 35.6 Å². The van der Waals surface area contributed by atoms with Crippen molar-refractivity contribution in [3.63, 3.8) is 0 Å². The van der Waals surface area contributed by atoms with Gasteiger partial charge in [-0.15, -0.1) is 0 Å². The van der Waals surface area contributed by atoms with Crippen molar-refractivity contribution in [2.75, 3.05) is 7.11 Å². The highest BCUT2D eigenvalue weighted by atomic mass is 35.5. The lowest BCUT2D eigenvalue weighted by Gasteiger charge is -2.12. The first-order chi connectivity index (χ1) is 6.61. The van der Waals surface area contributed by atoms with Gasteiger partial charge in [-0.25, -0.2) is 0 Å². The van der Waals surface area contributed by atoms with Crippen LogP contribution in [-0.4, -0.2) is 7.11 Å². The lowest BCUT2D eigenvalue weighted by atomic mass is 9.95. The molecule has 0 aliphatic rings. The molecule has 0 amide bonds. The molecule has 0 aromatic heterocycles. The van der Waals surface area contributed by atoms with Crippen LogP contribution in [0.4, 0.5) is 0 Å². The van der Waals surface area contributed by atoms with Crippen molar-refractivity contribution >= 4 is 11.6 Å². The molecule has 14 heavy (non-hydrogen) atoms. The third kappa shape index (κ3) is 5.87. The zero-order valence-corrected chi connectivity index (χ0v) is 10.1. The Morgan fingerprint density at radius 2 is 2.00 bits per heavy atom. The molecule has 0 fully saturated rings. The summed E-state index contributed by atoms with van der Waals surface area (Å²) in [5, 5.41) is 0.712. The Hall–Kier alpha value is -0.690. The molecule has 0 aromatic carbocycles. The third-order valence-electron chi connectivity index (χ3n) is 1.90. The smallest absolute Gasteiger partial charge is 0.0839 e. The molecular weight excluding hydrogens is 196 g/mol. The summed E-state index contributed by atoms with van der Waals surface area (Å²) in [7, 11) is 1.60. The summed E-state index contributed by atoms with van der Waals surface area (Å²) in [6.45, 7) is 6.36. The Morgan fingerprint density at radius 1 is 1.36 bits per heavy atom. The van der Waals surface area contributed by atoms with Gasteiger partial charge in [0.15, 0.2) is 0 Å². The van der Waals surface area contributed by atoms with Crippen molar-refractivity contribution in [2.24, 2.45) is 11.8 Å². The maximum atomic E-state index is 5.99. The van der Waals surface area contributed by atoms with Gasteiger partial charge in [0, 0.05) is 5.03 Å². The maximum absolute atomic E-state index is 5.99. The first-order valence-electron chi connectivity index (χ1n) is 4.81. The Morgan fingerprint density at radius 3 is 2.43 bits per heavy atom. The summed E-state index contributed by atoms with van der Waals surface area (Å²) in [5.41, 5.74) is 0. The molecule has 0 N–H and O–H groups in total. The fourth-order valence-electron chi connectivity index (χ4n) is 1.06. The standard InChI is InChI=1S/C12H19ClO/c1-5-6-11(10(2)3)9-12(13)7-8-14-4/h5-11H,1-4H3/b6-5-,8-7+,12-9?. The van der Waals surface area contributed by atoms with Gasteiger partial charge in [-0.05, 0) is 24.8 Å². The SMILES string of the molecule is C/C=C\C(C=C(Cl)/C=C/OC)C(C)C. The van der Waals surface area contributed by atoms with E-state index < -0.39 is 0 Å². The van der Waals surface area contributed by atoms with Crippen LogP contribution in [0.2, 0.25) is 0 Å². The van der Waals surface area contributed by atoms with E-state index in [2.05, 4.69) is 19.9 Å². The third-order valence-corrected chi connectivity index (χ3v) is 2.15. The predicted octanol–water partition coefficient (Wildman–Crippen LogP) is 4.12. The Balaban J connectivity index is 4.46. The number of allylic oxidation sites excluding steroid dienone is 5. The second-order valence-corrected chi connectivity index (χ2v) is 3.87. The fourth-order valence-corrected chi connectivity index (χ4v) is 1.26. The number of hydrogen-bond donors (Lipinski definition) is 0. The molecule has 0 aromatic rings. The van der Waals surface area contributed by atoms with Gasteiger partial charge in [0.2, 0.25) is 0 Å². The largest absolute Gasteiger partial charge is 0.504 e. The number of ether oxygens (including phenoxy) is 1. The second-order valence-electron chi connectivity index (χ2n) is 3.44. The number of hydrogen-bond acceptors (Lipinski definition) is 1. The minimum Gasteiger partial charge on any atom is -0.504 e. The zero-order valence-electron chi connectivity index (χ0n) is 9.33. The van der Waals surface area contributed by atoms with Crippen LogP contribution in [0.5, 0.6) is 0 Å². The first kappa shape index (κ1) is 13.3. The molecule has 1 atom stereocenters. The highest BCUT2D eigenvalue weighted by Gasteiger charge is 2.06. The average Bonchev–Trinajstić information content (AvgIpc) is 2.14. The minimum atomic E-state index is 0.383. The molecule has 0 bridgehead atoms. The van der Waals surface area contributed by atoms with Gasteiger partial charge in [0.1, 0.15) is 0 Å². The number of halogens is 1. The van der Waals surface area contributed by atoms with Gasteiger partial charge in [0.05, 0.1) is 13.4 Å². The topological polar surface area (TPSA) is 9.23 Å². The van der Waals surface area contributed by atoms with Crippen LogP contribution in [0.25, 0.3) is 0 Å². The van der Waals surface area contributed by atoms with Crippen molar-refractivity contribution in [1.29, 1.82) is 0 Å². The molecule has 0 aliphatic carbocycles. The molecule has 0 rings (SSSR count). The number of methoxy groups -OCH3 is 1. The van der Waals surface area contributed by atoms with Crippen LogP contribution in [0.15, 0.2) is 35.6 Å². The van der Waals surface area contributed by atoms with Crippen molar-refractivity contribution < 1.29 is 4.74 Å². The molecule has 80 valence electrons. The predicted molar refractivity (Wildman–Crippen MR) is 63.2 cm³/mol. The van der Waals surface area contributed by atoms with E-state index >= 15 is 0 Å². The lowest BCUT2D eigenvalue weighted by molar-refractivity contribution is 0.338. The summed E-state index contributed by atoms with van der Waals surface area (Å²) in [6.07, 6.45) is 9.55. The second kappa shape index (κ2) is 7.69. The van der Waals surface area contributed by atoms with Crippen LogP contribution in [0.3, 0.4) is 0 Å². The normalized spacial score (nSPS) is 15.7. The quantitative estimate of drug-likeness (QED) is 0.380. The molecule has 0 heterocycles. The van der Waals surface area contributed by atoms with Crippen LogP contribution in [0.1, 0.15) is 20.8 Å². The van der Waals surface area contributed by atoms with E-state index in [0.717, 1.165) is 0 Å². The lowest BCUT2D eigenvalue weighted by Crippen LogP contribution is -2.01. The van der Waals surface area contributed by atoms with Gasteiger partial charge < -0.3 is 4.74 Å². The Labute approximate surface area is 92.1 Å². The summed E-state index contributed by atoms with van der Waals surface area (Å²) in [5.74, 6) is 0.935. The summed E-state index contributed by atoms with van der Waals surface area (Å²) >= 11 is 5.99. The molecule has 0 saturated carbocycles. The monoisotopic (exact) mass is 214 g/mol. The highest BCUT2D eigenvalue weighted by Crippen LogP contribution is 2.18. The van der Waals surface area contributed by atoms with E-state index in [1.165, 1.54) is 0 Å². The van der Waals surface area contributed by atoms with Gasteiger partial charge in [-0.1, -0.05) is 43.7 Å². The van der Waals surface area contributed by atoms with Crippen molar-refractivity contribution in [1.82, 2.24) is 0 Å². The average molecular weight is 215 g/mol. The maximum Gasteiger partial charge on any atom is 0.0839 e. The van der Waals surface area contributed by atoms with Crippen LogP contribution >= 0.6 is 11.6 Å². The van der Waals surface area contributed by atoms with Crippen LogP contribution in [0, 0.1) is 11.8 Å². The first-order valence-corrected chi connectivity index (χ1v) is 5.19. The van der Waals surface area contributed by atoms with E-state index in [4.69, 9.17) is 16.3 Å². The summed E-state index contributed by atoms with van der Waals surface area (Å²) < 4.78 is 4.79.